The summed E-state index contributed by atoms with van der Waals surface area (Å²) in [5.74, 6) is 0.734. The van der Waals surface area contributed by atoms with Gasteiger partial charge in [0.15, 0.2) is 0 Å². The van der Waals surface area contributed by atoms with E-state index in [1.54, 1.807) is 7.11 Å². The molecule has 2 fully saturated rings. The number of amides is 3. The summed E-state index contributed by atoms with van der Waals surface area (Å²) in [5.41, 5.74) is 1.20. The number of hydrogen-bond donors (Lipinski definition) is 1. The Kier molecular flexibility index (Phi) is 5.58. The minimum absolute atomic E-state index is 0.101. The van der Waals surface area contributed by atoms with Crippen LogP contribution in [0.4, 0.5) is 4.79 Å². The van der Waals surface area contributed by atoms with E-state index in [9.17, 15) is 9.59 Å². The van der Waals surface area contributed by atoms with Crippen LogP contribution in [0.1, 0.15) is 44.2 Å². The van der Waals surface area contributed by atoms with E-state index in [2.05, 4.69) is 22.3 Å². The standard InChI is InChI=1S/C19H27N3O3/c1-14(18(23)22-13-11-20-19(22)24)21-12-5-3-4-6-17(21)15-7-9-16(25-2)10-8-15/h7-10,14,17H,3-6,11-13H2,1-2H3,(H,20,24). The maximum atomic E-state index is 12.8. The molecule has 136 valence electrons. The van der Waals surface area contributed by atoms with Gasteiger partial charge in [0.25, 0.3) is 0 Å². The van der Waals surface area contributed by atoms with Crippen LogP contribution >= 0.6 is 0 Å². The van der Waals surface area contributed by atoms with Crippen LogP contribution in [-0.2, 0) is 4.79 Å². The normalized spacial score (nSPS) is 23.0. The molecule has 25 heavy (non-hydrogen) atoms. The van der Waals surface area contributed by atoms with Crippen molar-refractivity contribution in [2.24, 2.45) is 0 Å². The summed E-state index contributed by atoms with van der Waals surface area (Å²) in [4.78, 5) is 28.3. The van der Waals surface area contributed by atoms with Gasteiger partial charge in [0.2, 0.25) is 5.91 Å². The highest BCUT2D eigenvalue weighted by atomic mass is 16.5. The van der Waals surface area contributed by atoms with Gasteiger partial charge >= 0.3 is 6.03 Å². The number of rotatable bonds is 4. The highest BCUT2D eigenvalue weighted by Crippen LogP contribution is 2.33. The van der Waals surface area contributed by atoms with Crippen molar-refractivity contribution < 1.29 is 14.3 Å². The Balaban J connectivity index is 1.81. The number of ether oxygens (including phenoxy) is 1. The summed E-state index contributed by atoms with van der Waals surface area (Å²) in [6.07, 6.45) is 4.43. The molecule has 2 aliphatic heterocycles. The van der Waals surface area contributed by atoms with Gasteiger partial charge < -0.3 is 10.1 Å². The number of carbonyl (C=O) groups excluding carboxylic acids is 2. The van der Waals surface area contributed by atoms with Crippen molar-refractivity contribution in [1.29, 1.82) is 0 Å². The number of carbonyl (C=O) groups is 2. The maximum absolute atomic E-state index is 12.8. The van der Waals surface area contributed by atoms with Crippen molar-refractivity contribution in [3.8, 4) is 5.75 Å². The number of imide groups is 1. The lowest BCUT2D eigenvalue weighted by molar-refractivity contribution is -0.133. The first-order chi connectivity index (χ1) is 12.1. The first kappa shape index (κ1) is 17.7. The molecule has 0 aliphatic carbocycles. The summed E-state index contributed by atoms with van der Waals surface area (Å²) in [5, 5.41) is 2.71. The molecular weight excluding hydrogens is 318 g/mol. The van der Waals surface area contributed by atoms with Gasteiger partial charge in [-0.2, -0.15) is 0 Å². The predicted molar refractivity (Wildman–Crippen MR) is 95.5 cm³/mol. The van der Waals surface area contributed by atoms with E-state index >= 15 is 0 Å². The number of hydrogen-bond acceptors (Lipinski definition) is 4. The van der Waals surface area contributed by atoms with Crippen LogP contribution in [0.5, 0.6) is 5.75 Å². The van der Waals surface area contributed by atoms with Crippen LogP contribution in [0.25, 0.3) is 0 Å². The third-order valence-corrected chi connectivity index (χ3v) is 5.27. The second-order valence-corrected chi connectivity index (χ2v) is 6.77. The summed E-state index contributed by atoms with van der Waals surface area (Å²) in [7, 11) is 1.66. The SMILES string of the molecule is COc1ccc(C2CCCCCN2C(C)C(=O)N2CCNC2=O)cc1. The topological polar surface area (TPSA) is 61.9 Å². The molecule has 0 spiro atoms. The summed E-state index contributed by atoms with van der Waals surface area (Å²) in [6.45, 7) is 3.80. The maximum Gasteiger partial charge on any atom is 0.324 e. The van der Waals surface area contributed by atoms with Gasteiger partial charge in [-0.15, -0.1) is 0 Å². The molecule has 0 aromatic heterocycles. The van der Waals surface area contributed by atoms with Crippen LogP contribution in [0.15, 0.2) is 24.3 Å². The third kappa shape index (κ3) is 3.79. The van der Waals surface area contributed by atoms with E-state index in [4.69, 9.17) is 4.74 Å². The fourth-order valence-corrected chi connectivity index (χ4v) is 3.83. The van der Waals surface area contributed by atoms with Gasteiger partial charge in [-0.25, -0.2) is 4.79 Å². The average Bonchev–Trinajstić information content (AvgIpc) is 2.92. The van der Waals surface area contributed by atoms with Crippen molar-refractivity contribution in [2.45, 2.75) is 44.7 Å². The lowest BCUT2D eigenvalue weighted by Gasteiger charge is -2.35. The van der Waals surface area contributed by atoms with E-state index in [0.29, 0.717) is 13.1 Å². The Hall–Kier alpha value is -2.08. The molecule has 0 bridgehead atoms. The molecule has 2 aliphatic rings. The van der Waals surface area contributed by atoms with Gasteiger partial charge in [-0.3, -0.25) is 14.6 Å². The summed E-state index contributed by atoms with van der Waals surface area (Å²) >= 11 is 0. The Labute approximate surface area is 149 Å². The number of likely N-dealkylation sites (tertiary alicyclic amines) is 1. The fraction of sp³-hybridized carbons (Fsp3) is 0.579. The van der Waals surface area contributed by atoms with E-state index in [1.807, 2.05) is 19.1 Å². The van der Waals surface area contributed by atoms with E-state index in [0.717, 1.165) is 31.6 Å². The minimum Gasteiger partial charge on any atom is -0.497 e. The fourth-order valence-electron chi connectivity index (χ4n) is 3.83. The lowest BCUT2D eigenvalue weighted by Crippen LogP contribution is -2.49. The number of nitrogens with one attached hydrogen (secondary N) is 1. The van der Waals surface area contributed by atoms with Crippen molar-refractivity contribution in [2.75, 3.05) is 26.7 Å². The predicted octanol–water partition coefficient (Wildman–Crippen LogP) is 2.55. The second kappa shape index (κ2) is 7.87. The smallest absolute Gasteiger partial charge is 0.324 e. The van der Waals surface area contributed by atoms with Crippen LogP contribution < -0.4 is 10.1 Å². The Morgan fingerprint density at radius 3 is 2.60 bits per heavy atom. The lowest BCUT2D eigenvalue weighted by atomic mass is 9.99. The van der Waals surface area contributed by atoms with Gasteiger partial charge in [0.1, 0.15) is 5.75 Å². The second-order valence-electron chi connectivity index (χ2n) is 6.77. The van der Waals surface area contributed by atoms with Crippen LogP contribution in [-0.4, -0.2) is 54.5 Å². The molecular formula is C19H27N3O3. The highest BCUT2D eigenvalue weighted by Gasteiger charge is 2.36. The number of methoxy groups -OCH3 is 1. The van der Waals surface area contributed by atoms with Crippen LogP contribution in [0, 0.1) is 0 Å². The van der Waals surface area contributed by atoms with E-state index < -0.39 is 0 Å². The summed E-state index contributed by atoms with van der Waals surface area (Å²) in [6, 6.07) is 7.72. The molecule has 1 aromatic carbocycles. The Morgan fingerprint density at radius 1 is 1.20 bits per heavy atom. The van der Waals surface area contributed by atoms with E-state index in [-0.39, 0.29) is 24.0 Å². The van der Waals surface area contributed by atoms with Crippen molar-refractivity contribution in [1.82, 2.24) is 15.1 Å². The number of benzene rings is 1. The van der Waals surface area contributed by atoms with Gasteiger partial charge in [-0.05, 0) is 44.0 Å². The molecule has 3 amide bonds. The van der Waals surface area contributed by atoms with Crippen molar-refractivity contribution in [3.05, 3.63) is 29.8 Å². The van der Waals surface area contributed by atoms with Gasteiger partial charge in [0, 0.05) is 19.1 Å². The number of nitrogens with zero attached hydrogens (tertiary/aromatic N) is 2. The monoisotopic (exact) mass is 345 g/mol. The minimum atomic E-state index is -0.311. The molecule has 2 atom stereocenters. The van der Waals surface area contributed by atoms with Crippen molar-refractivity contribution in [3.63, 3.8) is 0 Å². The van der Waals surface area contributed by atoms with Gasteiger partial charge in [-0.1, -0.05) is 25.0 Å². The van der Waals surface area contributed by atoms with Crippen LogP contribution in [0.2, 0.25) is 0 Å². The summed E-state index contributed by atoms with van der Waals surface area (Å²) < 4.78 is 5.25. The molecule has 0 saturated carbocycles. The molecule has 6 heteroatoms. The third-order valence-electron chi connectivity index (χ3n) is 5.27. The Bertz CT molecular complexity index is 617. The zero-order valence-electron chi connectivity index (χ0n) is 15.0. The quantitative estimate of drug-likeness (QED) is 0.911. The number of urea groups is 1. The molecule has 6 nitrogen and oxygen atoms in total. The zero-order chi connectivity index (χ0) is 17.8. The van der Waals surface area contributed by atoms with Gasteiger partial charge in [0.05, 0.1) is 13.2 Å². The molecule has 2 heterocycles. The molecule has 1 N–H and O–H groups in total. The van der Waals surface area contributed by atoms with Crippen LogP contribution in [0.3, 0.4) is 0 Å². The zero-order valence-corrected chi connectivity index (χ0v) is 15.0. The first-order valence-corrected chi connectivity index (χ1v) is 9.10. The average molecular weight is 345 g/mol. The first-order valence-electron chi connectivity index (χ1n) is 9.10. The van der Waals surface area contributed by atoms with Crippen molar-refractivity contribution >= 4 is 11.9 Å². The molecule has 2 saturated heterocycles. The largest absolute Gasteiger partial charge is 0.497 e. The molecule has 0 radical (unpaired) electrons. The molecule has 1 aromatic rings. The molecule has 3 rings (SSSR count). The Morgan fingerprint density at radius 2 is 1.96 bits per heavy atom. The highest BCUT2D eigenvalue weighted by molar-refractivity contribution is 5.98. The van der Waals surface area contributed by atoms with E-state index in [1.165, 1.54) is 16.9 Å². The molecule has 2 unspecified atom stereocenters.